The molecule has 0 fully saturated rings. The zero-order valence-corrected chi connectivity index (χ0v) is 12.6. The molecule has 1 aromatic heterocycles. The highest BCUT2D eigenvalue weighted by atomic mass is 127. The van der Waals surface area contributed by atoms with Crippen molar-refractivity contribution in [3.05, 3.63) is 49.7 Å². The molecule has 3 heteroatoms. The Hall–Kier alpha value is -0.170. The second kappa shape index (κ2) is 4.78. The van der Waals surface area contributed by atoms with Crippen LogP contribution in [0.3, 0.4) is 0 Å². The number of pyridine rings is 1. The first-order valence-corrected chi connectivity index (χ1v) is 6.74. The molecule has 0 unspecified atom stereocenters. The second-order valence-corrected chi connectivity index (χ2v) is 5.73. The lowest BCUT2D eigenvalue weighted by Gasteiger charge is -2.02. The van der Waals surface area contributed by atoms with Crippen molar-refractivity contribution in [2.24, 2.45) is 7.05 Å². The van der Waals surface area contributed by atoms with E-state index in [1.165, 1.54) is 18.4 Å². The lowest BCUT2D eigenvalue weighted by molar-refractivity contribution is -0.660. The van der Waals surface area contributed by atoms with Gasteiger partial charge in [0.1, 0.15) is 7.05 Å². The molecule has 0 radical (unpaired) electrons. The van der Waals surface area contributed by atoms with Gasteiger partial charge < -0.3 is 0 Å². The molecule has 0 amide bonds. The SMILES string of the molecule is C[n+]1ccc(I)cc1-c1ccccc1I. The van der Waals surface area contributed by atoms with Gasteiger partial charge in [-0.05, 0) is 57.3 Å². The van der Waals surface area contributed by atoms with Gasteiger partial charge in [-0.1, -0.05) is 12.1 Å². The molecule has 0 aliphatic rings. The van der Waals surface area contributed by atoms with Crippen LogP contribution in [0.15, 0.2) is 42.6 Å². The maximum Gasteiger partial charge on any atom is 0.214 e. The van der Waals surface area contributed by atoms with Crippen LogP contribution in [0.25, 0.3) is 11.3 Å². The third-order valence-corrected chi connectivity index (χ3v) is 3.87. The average Bonchev–Trinajstić information content (AvgIpc) is 2.23. The molecule has 1 nitrogen and oxygen atoms in total. The highest BCUT2D eigenvalue weighted by Gasteiger charge is 2.12. The Morgan fingerprint density at radius 1 is 1.07 bits per heavy atom. The summed E-state index contributed by atoms with van der Waals surface area (Å²) in [6.45, 7) is 0. The highest BCUT2D eigenvalue weighted by molar-refractivity contribution is 14.1. The monoisotopic (exact) mass is 422 g/mol. The number of hydrogen-bond donors (Lipinski definition) is 0. The van der Waals surface area contributed by atoms with Crippen LogP contribution in [0.4, 0.5) is 0 Å². The predicted octanol–water partition coefficient (Wildman–Crippen LogP) is 3.39. The van der Waals surface area contributed by atoms with Gasteiger partial charge in [0.2, 0.25) is 5.69 Å². The summed E-state index contributed by atoms with van der Waals surface area (Å²) >= 11 is 4.72. The van der Waals surface area contributed by atoms with E-state index in [1.54, 1.807) is 0 Å². The molecular formula is C12H10I2N+. The van der Waals surface area contributed by atoms with E-state index in [2.05, 4.69) is 99.4 Å². The van der Waals surface area contributed by atoms with Crippen LogP contribution in [0.1, 0.15) is 0 Å². The molecule has 0 saturated heterocycles. The summed E-state index contributed by atoms with van der Waals surface area (Å²) in [6, 6.07) is 12.8. The molecule has 0 aliphatic heterocycles. The topological polar surface area (TPSA) is 3.88 Å². The maximum absolute atomic E-state index is 2.38. The smallest absolute Gasteiger partial charge is 0.201 e. The van der Waals surface area contributed by atoms with Gasteiger partial charge in [0.15, 0.2) is 6.20 Å². The fourth-order valence-corrected chi connectivity index (χ4v) is 2.60. The van der Waals surface area contributed by atoms with Crippen molar-refractivity contribution in [1.29, 1.82) is 0 Å². The zero-order chi connectivity index (χ0) is 10.8. The van der Waals surface area contributed by atoms with Gasteiger partial charge in [-0.3, -0.25) is 0 Å². The summed E-state index contributed by atoms with van der Waals surface area (Å²) < 4.78 is 4.70. The molecule has 1 heterocycles. The molecule has 0 bridgehead atoms. The van der Waals surface area contributed by atoms with Crippen molar-refractivity contribution in [1.82, 2.24) is 0 Å². The van der Waals surface area contributed by atoms with Gasteiger partial charge in [-0.2, -0.15) is 0 Å². The van der Waals surface area contributed by atoms with Crippen molar-refractivity contribution < 1.29 is 4.57 Å². The molecule has 76 valence electrons. The van der Waals surface area contributed by atoms with Gasteiger partial charge in [-0.25, -0.2) is 4.57 Å². The molecule has 0 spiro atoms. The van der Waals surface area contributed by atoms with Crippen LogP contribution in [0.2, 0.25) is 0 Å². The number of nitrogens with zero attached hydrogens (tertiary/aromatic N) is 1. The molecule has 0 atom stereocenters. The molecule has 0 saturated carbocycles. The molecule has 1 aromatic carbocycles. The number of halogens is 2. The fourth-order valence-electron chi connectivity index (χ4n) is 1.48. The van der Waals surface area contributed by atoms with Gasteiger partial charge in [0, 0.05) is 19.3 Å². The third-order valence-electron chi connectivity index (χ3n) is 2.26. The molecule has 0 N–H and O–H groups in total. The summed E-state index contributed by atoms with van der Waals surface area (Å²) in [7, 11) is 2.08. The fraction of sp³-hybridized carbons (Fsp3) is 0.0833. The molecule has 0 aliphatic carbocycles. The van der Waals surface area contributed by atoms with E-state index in [4.69, 9.17) is 0 Å². The standard InChI is InChI=1S/C12H10I2N/c1-15-7-6-9(13)8-12(15)10-4-2-3-5-11(10)14/h2-8H,1H3/q+1. The minimum Gasteiger partial charge on any atom is -0.201 e. The predicted molar refractivity (Wildman–Crippen MR) is 78.5 cm³/mol. The molecule has 15 heavy (non-hydrogen) atoms. The Kier molecular flexibility index (Phi) is 3.60. The van der Waals surface area contributed by atoms with E-state index in [0.717, 1.165) is 0 Å². The van der Waals surface area contributed by atoms with E-state index in [9.17, 15) is 0 Å². The second-order valence-electron chi connectivity index (χ2n) is 3.32. The van der Waals surface area contributed by atoms with Crippen LogP contribution in [-0.2, 0) is 7.05 Å². The number of rotatable bonds is 1. The molecule has 2 rings (SSSR count). The Labute approximate surface area is 117 Å². The van der Waals surface area contributed by atoms with Crippen molar-refractivity contribution in [3.8, 4) is 11.3 Å². The van der Waals surface area contributed by atoms with Crippen LogP contribution >= 0.6 is 45.2 Å². The Morgan fingerprint density at radius 3 is 2.53 bits per heavy atom. The largest absolute Gasteiger partial charge is 0.214 e. The number of aryl methyl sites for hydroxylation is 1. The van der Waals surface area contributed by atoms with Crippen LogP contribution in [0.5, 0.6) is 0 Å². The van der Waals surface area contributed by atoms with E-state index >= 15 is 0 Å². The molecular weight excluding hydrogens is 412 g/mol. The number of benzene rings is 1. The summed E-state index contributed by atoms with van der Waals surface area (Å²) in [5.41, 5.74) is 2.55. The third kappa shape index (κ3) is 2.50. The van der Waals surface area contributed by atoms with Crippen molar-refractivity contribution in [2.75, 3.05) is 0 Å². The summed E-state index contributed by atoms with van der Waals surface area (Å²) in [6.07, 6.45) is 2.10. The zero-order valence-electron chi connectivity index (χ0n) is 8.24. The van der Waals surface area contributed by atoms with Gasteiger partial charge >= 0.3 is 0 Å². The Bertz CT molecular complexity index is 495. The van der Waals surface area contributed by atoms with Crippen molar-refractivity contribution in [2.45, 2.75) is 0 Å². The number of hydrogen-bond acceptors (Lipinski definition) is 0. The minimum absolute atomic E-state index is 1.26. The maximum atomic E-state index is 2.38. The lowest BCUT2D eigenvalue weighted by Crippen LogP contribution is -2.30. The first kappa shape index (κ1) is 11.3. The van der Waals surface area contributed by atoms with Crippen molar-refractivity contribution >= 4 is 45.2 Å². The molecule has 2 aromatic rings. The highest BCUT2D eigenvalue weighted by Crippen LogP contribution is 2.22. The normalized spacial score (nSPS) is 10.3. The van der Waals surface area contributed by atoms with Crippen LogP contribution in [0, 0.1) is 7.14 Å². The van der Waals surface area contributed by atoms with Gasteiger partial charge in [0.05, 0.1) is 5.56 Å². The van der Waals surface area contributed by atoms with E-state index in [-0.39, 0.29) is 0 Å². The van der Waals surface area contributed by atoms with E-state index in [1.807, 2.05) is 0 Å². The Balaban J connectivity index is 2.64. The summed E-state index contributed by atoms with van der Waals surface area (Å²) in [4.78, 5) is 0. The van der Waals surface area contributed by atoms with E-state index in [0.29, 0.717) is 0 Å². The quantitative estimate of drug-likeness (QED) is 0.491. The van der Waals surface area contributed by atoms with Gasteiger partial charge in [-0.15, -0.1) is 0 Å². The summed E-state index contributed by atoms with van der Waals surface area (Å²) in [5, 5.41) is 0. The van der Waals surface area contributed by atoms with Crippen LogP contribution < -0.4 is 4.57 Å². The van der Waals surface area contributed by atoms with E-state index < -0.39 is 0 Å². The minimum atomic E-state index is 1.26. The first-order chi connectivity index (χ1) is 7.18. The lowest BCUT2D eigenvalue weighted by atomic mass is 10.1. The van der Waals surface area contributed by atoms with Crippen molar-refractivity contribution in [3.63, 3.8) is 0 Å². The van der Waals surface area contributed by atoms with Crippen LogP contribution in [-0.4, -0.2) is 0 Å². The summed E-state index contributed by atoms with van der Waals surface area (Å²) in [5.74, 6) is 0. The first-order valence-electron chi connectivity index (χ1n) is 4.58. The Morgan fingerprint density at radius 2 is 1.80 bits per heavy atom. The van der Waals surface area contributed by atoms with Gasteiger partial charge in [0.25, 0.3) is 0 Å². The number of aromatic nitrogens is 1. The average molecular weight is 422 g/mol.